The zero-order valence-electron chi connectivity index (χ0n) is 10.5. The molecule has 0 atom stereocenters. The van der Waals surface area contributed by atoms with Crippen LogP contribution in [0.1, 0.15) is 24.8 Å². The molecule has 6 heteroatoms. The van der Waals surface area contributed by atoms with E-state index in [9.17, 15) is 12.8 Å². The molecule has 0 aliphatic heterocycles. The van der Waals surface area contributed by atoms with Gasteiger partial charge in [0.15, 0.2) is 0 Å². The summed E-state index contributed by atoms with van der Waals surface area (Å²) in [5.74, 6) is -0.555. The highest BCUT2D eigenvalue weighted by Crippen LogP contribution is 2.30. The third kappa shape index (κ3) is 2.10. The second kappa shape index (κ2) is 4.51. The Morgan fingerprint density at radius 2 is 2.00 bits per heavy atom. The van der Waals surface area contributed by atoms with Gasteiger partial charge in [-0.1, -0.05) is 6.42 Å². The van der Waals surface area contributed by atoms with E-state index in [1.54, 1.807) is 7.05 Å². The van der Waals surface area contributed by atoms with Crippen molar-refractivity contribution in [3.8, 4) is 0 Å². The van der Waals surface area contributed by atoms with Crippen molar-refractivity contribution in [3.05, 3.63) is 23.5 Å². The Bertz CT molecular complexity index is 544. The number of nitrogen functional groups attached to an aromatic ring is 1. The van der Waals surface area contributed by atoms with E-state index < -0.39 is 15.8 Å². The minimum Gasteiger partial charge on any atom is -0.396 e. The van der Waals surface area contributed by atoms with Gasteiger partial charge in [0, 0.05) is 13.1 Å². The molecular formula is C12H17FN2O2S. The van der Waals surface area contributed by atoms with Gasteiger partial charge >= 0.3 is 0 Å². The molecule has 100 valence electrons. The maximum Gasteiger partial charge on any atom is 0.243 e. The lowest BCUT2D eigenvalue weighted by Crippen LogP contribution is -2.41. The van der Waals surface area contributed by atoms with Crippen molar-refractivity contribution in [3.63, 3.8) is 0 Å². The lowest BCUT2D eigenvalue weighted by Gasteiger charge is -2.33. The fourth-order valence-electron chi connectivity index (χ4n) is 2.02. The number of hydrogen-bond acceptors (Lipinski definition) is 3. The van der Waals surface area contributed by atoms with Gasteiger partial charge in [0.05, 0.1) is 10.6 Å². The van der Waals surface area contributed by atoms with Crippen LogP contribution in [0.3, 0.4) is 0 Å². The monoisotopic (exact) mass is 272 g/mol. The quantitative estimate of drug-likeness (QED) is 0.855. The van der Waals surface area contributed by atoms with Crippen LogP contribution in [-0.4, -0.2) is 25.8 Å². The Labute approximate surface area is 107 Å². The third-order valence-corrected chi connectivity index (χ3v) is 5.41. The molecule has 0 radical (unpaired) electrons. The summed E-state index contributed by atoms with van der Waals surface area (Å²) in [4.78, 5) is 0.0632. The largest absolute Gasteiger partial charge is 0.396 e. The first-order valence-corrected chi connectivity index (χ1v) is 7.31. The second-order valence-electron chi connectivity index (χ2n) is 4.75. The highest BCUT2D eigenvalue weighted by molar-refractivity contribution is 7.89. The number of benzene rings is 1. The maximum absolute atomic E-state index is 13.4. The van der Waals surface area contributed by atoms with Crippen molar-refractivity contribution in [2.24, 2.45) is 0 Å². The van der Waals surface area contributed by atoms with Gasteiger partial charge in [-0.15, -0.1) is 0 Å². The first-order valence-electron chi connectivity index (χ1n) is 5.87. The number of hydrogen-bond donors (Lipinski definition) is 1. The minimum atomic E-state index is -3.57. The van der Waals surface area contributed by atoms with E-state index in [0.717, 1.165) is 19.3 Å². The molecule has 1 aromatic rings. The predicted octanol–water partition coefficient (Wildman–Crippen LogP) is 1.89. The lowest BCUT2D eigenvalue weighted by molar-refractivity contribution is 0.249. The Morgan fingerprint density at radius 3 is 2.44 bits per heavy atom. The van der Waals surface area contributed by atoms with E-state index in [1.165, 1.54) is 23.4 Å². The number of aryl methyl sites for hydroxylation is 1. The number of rotatable bonds is 3. The Balaban J connectivity index is 2.40. The van der Waals surface area contributed by atoms with Gasteiger partial charge in [-0.25, -0.2) is 12.8 Å². The molecular weight excluding hydrogens is 255 g/mol. The average molecular weight is 272 g/mol. The SMILES string of the molecule is Cc1cc(S(=O)(=O)N(C)C2CCC2)cc(N)c1F. The highest BCUT2D eigenvalue weighted by atomic mass is 32.2. The average Bonchev–Trinajstić information content (AvgIpc) is 2.22. The van der Waals surface area contributed by atoms with Crippen molar-refractivity contribution >= 4 is 15.7 Å². The van der Waals surface area contributed by atoms with Crippen LogP contribution < -0.4 is 5.73 Å². The zero-order valence-corrected chi connectivity index (χ0v) is 11.3. The molecule has 2 rings (SSSR count). The summed E-state index contributed by atoms with van der Waals surface area (Å²) in [5.41, 5.74) is 5.60. The summed E-state index contributed by atoms with van der Waals surface area (Å²) < 4.78 is 39.4. The summed E-state index contributed by atoms with van der Waals surface area (Å²) in [6.07, 6.45) is 2.81. The van der Waals surface area contributed by atoms with E-state index in [4.69, 9.17) is 5.73 Å². The van der Waals surface area contributed by atoms with E-state index in [2.05, 4.69) is 0 Å². The van der Waals surface area contributed by atoms with Crippen LogP contribution in [-0.2, 0) is 10.0 Å². The van der Waals surface area contributed by atoms with Gasteiger partial charge in [0.2, 0.25) is 10.0 Å². The van der Waals surface area contributed by atoms with Crippen LogP contribution in [0, 0.1) is 12.7 Å². The zero-order chi connectivity index (χ0) is 13.5. The van der Waals surface area contributed by atoms with Crippen molar-refractivity contribution < 1.29 is 12.8 Å². The van der Waals surface area contributed by atoms with Crippen LogP contribution in [0.25, 0.3) is 0 Å². The maximum atomic E-state index is 13.4. The molecule has 1 aliphatic rings. The molecule has 18 heavy (non-hydrogen) atoms. The van der Waals surface area contributed by atoms with E-state index in [0.29, 0.717) is 0 Å². The van der Waals surface area contributed by atoms with Gasteiger partial charge in [0.25, 0.3) is 0 Å². The smallest absolute Gasteiger partial charge is 0.243 e. The second-order valence-corrected chi connectivity index (χ2v) is 6.75. The fraction of sp³-hybridized carbons (Fsp3) is 0.500. The van der Waals surface area contributed by atoms with E-state index in [-0.39, 0.29) is 22.2 Å². The minimum absolute atomic E-state index is 0.0570. The number of anilines is 1. The molecule has 0 spiro atoms. The van der Waals surface area contributed by atoms with Crippen LogP contribution in [0.5, 0.6) is 0 Å². The number of sulfonamides is 1. The number of halogens is 1. The van der Waals surface area contributed by atoms with Gasteiger partial charge in [-0.2, -0.15) is 4.31 Å². The number of nitrogens with two attached hydrogens (primary N) is 1. The summed E-state index contributed by atoms with van der Waals surface area (Å²) in [5, 5.41) is 0. The third-order valence-electron chi connectivity index (χ3n) is 3.52. The molecule has 4 nitrogen and oxygen atoms in total. The van der Waals surface area contributed by atoms with Crippen molar-refractivity contribution in [1.29, 1.82) is 0 Å². The van der Waals surface area contributed by atoms with E-state index >= 15 is 0 Å². The van der Waals surface area contributed by atoms with Gasteiger partial charge < -0.3 is 5.73 Å². The highest BCUT2D eigenvalue weighted by Gasteiger charge is 2.32. The summed E-state index contributed by atoms with van der Waals surface area (Å²) >= 11 is 0. The van der Waals surface area contributed by atoms with Crippen molar-refractivity contribution in [1.82, 2.24) is 4.31 Å². The molecule has 0 aromatic heterocycles. The Morgan fingerprint density at radius 1 is 1.39 bits per heavy atom. The molecule has 0 heterocycles. The first-order chi connectivity index (χ1) is 8.34. The fourth-order valence-corrected chi connectivity index (χ4v) is 3.56. The molecule has 0 saturated heterocycles. The van der Waals surface area contributed by atoms with Crippen LogP contribution in [0.4, 0.5) is 10.1 Å². The predicted molar refractivity (Wildman–Crippen MR) is 68.1 cm³/mol. The first kappa shape index (κ1) is 13.3. The lowest BCUT2D eigenvalue weighted by atomic mass is 9.94. The van der Waals surface area contributed by atoms with Gasteiger partial charge in [0.1, 0.15) is 5.82 Å². The summed E-state index contributed by atoms with van der Waals surface area (Å²) in [7, 11) is -2.01. The molecule has 0 bridgehead atoms. The van der Waals surface area contributed by atoms with Gasteiger partial charge in [-0.05, 0) is 37.5 Å². The van der Waals surface area contributed by atoms with E-state index in [1.807, 2.05) is 0 Å². The molecule has 1 aromatic carbocycles. The van der Waals surface area contributed by atoms with Gasteiger partial charge in [-0.3, -0.25) is 0 Å². The molecule has 1 saturated carbocycles. The molecule has 1 fully saturated rings. The van der Waals surface area contributed by atoms with Crippen molar-refractivity contribution in [2.45, 2.75) is 37.1 Å². The molecule has 2 N–H and O–H groups in total. The topological polar surface area (TPSA) is 63.4 Å². The summed E-state index contributed by atoms with van der Waals surface area (Å²) in [6.45, 7) is 1.51. The standard InChI is InChI=1S/C12H17FN2O2S/c1-8-6-10(7-11(14)12(8)13)18(16,17)15(2)9-4-3-5-9/h6-7,9H,3-5,14H2,1-2H3. The molecule has 0 amide bonds. The Kier molecular flexibility index (Phi) is 3.33. The van der Waals surface area contributed by atoms with Crippen LogP contribution in [0.2, 0.25) is 0 Å². The molecule has 0 unspecified atom stereocenters. The summed E-state index contributed by atoms with van der Waals surface area (Å²) in [6, 6.07) is 2.57. The normalized spacial score (nSPS) is 16.9. The van der Waals surface area contributed by atoms with Crippen LogP contribution in [0.15, 0.2) is 17.0 Å². The van der Waals surface area contributed by atoms with Crippen LogP contribution >= 0.6 is 0 Å². The number of nitrogens with zero attached hydrogens (tertiary/aromatic N) is 1. The van der Waals surface area contributed by atoms with Crippen molar-refractivity contribution in [2.75, 3.05) is 12.8 Å². The Hall–Kier alpha value is -1.14. The molecule has 1 aliphatic carbocycles.